The summed E-state index contributed by atoms with van der Waals surface area (Å²) in [6, 6.07) is 6.73. The Balaban J connectivity index is 2.36. The number of nitrogens with one attached hydrogen (secondary N) is 1. The lowest BCUT2D eigenvalue weighted by Gasteiger charge is -2.19. The molecule has 0 aromatic heterocycles. The summed E-state index contributed by atoms with van der Waals surface area (Å²) < 4.78 is 78.5. The normalized spacial score (nSPS) is 12.2. The third-order valence-electron chi connectivity index (χ3n) is 3.96. The second-order valence-corrected chi connectivity index (χ2v) is 7.67. The smallest absolute Gasteiger partial charge is 0.322 e. The zero-order valence-corrected chi connectivity index (χ0v) is 15.9. The summed E-state index contributed by atoms with van der Waals surface area (Å²) in [5.74, 6) is -1.89. The number of amides is 1. The third-order valence-corrected chi connectivity index (χ3v) is 6.03. The first kappa shape index (κ1) is 21.8. The summed E-state index contributed by atoms with van der Waals surface area (Å²) >= 11 is 0. The zero-order valence-electron chi connectivity index (χ0n) is 15.0. The second kappa shape index (κ2) is 8.27. The predicted molar refractivity (Wildman–Crippen MR) is 95.9 cm³/mol. The first-order valence-corrected chi connectivity index (χ1v) is 9.73. The minimum absolute atomic E-state index is 0.110. The number of carbonyl (C=O) groups is 1. The van der Waals surface area contributed by atoms with Gasteiger partial charge in [0.05, 0.1) is 5.56 Å². The van der Waals surface area contributed by atoms with E-state index in [-0.39, 0.29) is 24.3 Å². The van der Waals surface area contributed by atoms with Gasteiger partial charge in [-0.3, -0.25) is 4.79 Å². The van der Waals surface area contributed by atoms with Gasteiger partial charge in [0.1, 0.15) is 10.7 Å². The van der Waals surface area contributed by atoms with E-state index in [4.69, 9.17) is 0 Å². The van der Waals surface area contributed by atoms with Crippen LogP contribution in [-0.4, -0.2) is 31.7 Å². The molecule has 1 N–H and O–H groups in total. The third kappa shape index (κ3) is 4.68. The number of alkyl halides is 3. The van der Waals surface area contributed by atoms with E-state index in [1.807, 2.05) is 0 Å². The van der Waals surface area contributed by atoms with E-state index in [1.54, 1.807) is 13.8 Å². The Labute approximate surface area is 160 Å². The molecule has 5 nitrogen and oxygen atoms in total. The molecular formula is C18H18F4N2O3S. The van der Waals surface area contributed by atoms with Crippen LogP contribution in [0.25, 0.3) is 0 Å². The summed E-state index contributed by atoms with van der Waals surface area (Å²) in [5.41, 5.74) is -1.28. The topological polar surface area (TPSA) is 66.5 Å². The Morgan fingerprint density at radius 2 is 1.71 bits per heavy atom. The summed E-state index contributed by atoms with van der Waals surface area (Å²) in [6.45, 7) is 3.39. The lowest BCUT2D eigenvalue weighted by molar-refractivity contribution is -0.137. The standard InChI is InChI=1S/C18H18F4N2O3S/c1-3-24(4-2)28(26,27)16-10-12(8-9-15(16)19)17(25)23-14-7-5-6-13(11-14)18(20,21)22/h5-11H,3-4H2,1-2H3,(H,23,25). The minimum Gasteiger partial charge on any atom is -0.322 e. The molecule has 152 valence electrons. The Kier molecular flexibility index (Phi) is 6.45. The maximum atomic E-state index is 14.1. The molecule has 10 heteroatoms. The van der Waals surface area contributed by atoms with Crippen LogP contribution < -0.4 is 5.32 Å². The van der Waals surface area contributed by atoms with Crippen LogP contribution in [0.5, 0.6) is 0 Å². The van der Waals surface area contributed by atoms with E-state index in [2.05, 4.69) is 5.32 Å². The van der Waals surface area contributed by atoms with Crippen molar-refractivity contribution in [2.24, 2.45) is 0 Å². The van der Waals surface area contributed by atoms with Crippen LogP contribution in [0.3, 0.4) is 0 Å². The number of anilines is 1. The van der Waals surface area contributed by atoms with Crippen LogP contribution >= 0.6 is 0 Å². The van der Waals surface area contributed by atoms with Crippen molar-refractivity contribution in [3.05, 3.63) is 59.4 Å². The van der Waals surface area contributed by atoms with Crippen LogP contribution in [-0.2, 0) is 16.2 Å². The van der Waals surface area contributed by atoms with E-state index in [0.29, 0.717) is 0 Å². The van der Waals surface area contributed by atoms with Gasteiger partial charge in [0.25, 0.3) is 5.91 Å². The van der Waals surface area contributed by atoms with Crippen molar-refractivity contribution < 1.29 is 30.8 Å². The summed E-state index contributed by atoms with van der Waals surface area (Å²) in [7, 11) is -4.16. The highest BCUT2D eigenvalue weighted by atomic mass is 32.2. The van der Waals surface area contributed by atoms with Gasteiger partial charge in [-0.15, -0.1) is 0 Å². The SMILES string of the molecule is CCN(CC)S(=O)(=O)c1cc(C(=O)Nc2cccc(C(F)(F)F)c2)ccc1F. The van der Waals surface area contributed by atoms with Gasteiger partial charge in [-0.25, -0.2) is 12.8 Å². The number of nitrogens with zero attached hydrogens (tertiary/aromatic N) is 1. The number of sulfonamides is 1. The van der Waals surface area contributed by atoms with E-state index in [1.165, 1.54) is 6.07 Å². The monoisotopic (exact) mass is 418 g/mol. The lowest BCUT2D eigenvalue weighted by atomic mass is 10.1. The van der Waals surface area contributed by atoms with Gasteiger partial charge in [-0.1, -0.05) is 19.9 Å². The number of carbonyl (C=O) groups excluding carboxylic acids is 1. The molecule has 0 aliphatic carbocycles. The molecule has 0 atom stereocenters. The Morgan fingerprint density at radius 3 is 2.29 bits per heavy atom. The quantitative estimate of drug-likeness (QED) is 0.718. The van der Waals surface area contributed by atoms with E-state index in [0.717, 1.165) is 40.7 Å². The van der Waals surface area contributed by atoms with Gasteiger partial charge in [0.2, 0.25) is 10.0 Å². The minimum atomic E-state index is -4.58. The molecule has 0 saturated carbocycles. The summed E-state index contributed by atoms with van der Waals surface area (Å²) in [5, 5.41) is 2.26. The average molecular weight is 418 g/mol. The first-order valence-electron chi connectivity index (χ1n) is 8.29. The van der Waals surface area contributed by atoms with Crippen LogP contribution in [0.1, 0.15) is 29.8 Å². The molecular weight excluding hydrogens is 400 g/mol. The number of hydrogen-bond acceptors (Lipinski definition) is 3. The summed E-state index contributed by atoms with van der Waals surface area (Å²) in [4.78, 5) is 11.7. The molecule has 2 rings (SSSR count). The molecule has 0 fully saturated rings. The highest BCUT2D eigenvalue weighted by Gasteiger charge is 2.30. The van der Waals surface area contributed by atoms with E-state index < -0.39 is 38.4 Å². The zero-order chi connectivity index (χ0) is 21.1. The molecule has 0 radical (unpaired) electrons. The fourth-order valence-electron chi connectivity index (χ4n) is 2.52. The van der Waals surface area contributed by atoms with Crippen molar-refractivity contribution in [3.8, 4) is 0 Å². The van der Waals surface area contributed by atoms with Gasteiger partial charge in [0.15, 0.2) is 0 Å². The van der Waals surface area contributed by atoms with Gasteiger partial charge in [0, 0.05) is 24.3 Å². The molecule has 0 aliphatic heterocycles. The fourth-order valence-corrected chi connectivity index (χ4v) is 4.07. The van der Waals surface area contributed by atoms with Crippen LogP contribution in [0.2, 0.25) is 0 Å². The Bertz CT molecular complexity index is 971. The molecule has 0 bridgehead atoms. The number of halogens is 4. The van der Waals surface area contributed by atoms with E-state index in [9.17, 15) is 30.8 Å². The molecule has 0 unspecified atom stereocenters. The second-order valence-electron chi connectivity index (χ2n) is 5.77. The molecule has 2 aromatic carbocycles. The van der Waals surface area contributed by atoms with Crippen molar-refractivity contribution in [2.45, 2.75) is 24.9 Å². The van der Waals surface area contributed by atoms with Crippen molar-refractivity contribution in [1.29, 1.82) is 0 Å². The Hall–Kier alpha value is -2.46. The van der Waals surface area contributed by atoms with Crippen molar-refractivity contribution >= 4 is 21.6 Å². The fraction of sp³-hybridized carbons (Fsp3) is 0.278. The van der Waals surface area contributed by atoms with Crippen LogP contribution in [0.15, 0.2) is 47.4 Å². The van der Waals surface area contributed by atoms with Crippen LogP contribution in [0.4, 0.5) is 23.2 Å². The molecule has 2 aromatic rings. The molecule has 28 heavy (non-hydrogen) atoms. The molecule has 0 heterocycles. The highest BCUT2D eigenvalue weighted by Crippen LogP contribution is 2.31. The largest absolute Gasteiger partial charge is 0.416 e. The van der Waals surface area contributed by atoms with Crippen molar-refractivity contribution in [3.63, 3.8) is 0 Å². The first-order chi connectivity index (χ1) is 13.0. The number of benzene rings is 2. The van der Waals surface area contributed by atoms with Gasteiger partial charge in [-0.05, 0) is 36.4 Å². The molecule has 0 aliphatic rings. The lowest BCUT2D eigenvalue weighted by Crippen LogP contribution is -2.31. The summed E-state index contributed by atoms with van der Waals surface area (Å²) in [6.07, 6.45) is -4.58. The molecule has 0 saturated heterocycles. The van der Waals surface area contributed by atoms with Crippen LogP contribution in [0, 0.1) is 5.82 Å². The Morgan fingerprint density at radius 1 is 1.07 bits per heavy atom. The van der Waals surface area contributed by atoms with Gasteiger partial charge < -0.3 is 5.32 Å². The van der Waals surface area contributed by atoms with Crippen molar-refractivity contribution in [2.75, 3.05) is 18.4 Å². The number of hydrogen-bond donors (Lipinski definition) is 1. The molecule has 1 amide bonds. The van der Waals surface area contributed by atoms with Crippen molar-refractivity contribution in [1.82, 2.24) is 4.31 Å². The highest BCUT2D eigenvalue weighted by molar-refractivity contribution is 7.89. The van der Waals surface area contributed by atoms with Gasteiger partial charge in [-0.2, -0.15) is 17.5 Å². The maximum Gasteiger partial charge on any atom is 0.416 e. The van der Waals surface area contributed by atoms with E-state index >= 15 is 0 Å². The average Bonchev–Trinajstić information content (AvgIpc) is 2.62. The predicted octanol–water partition coefficient (Wildman–Crippen LogP) is 4.13. The maximum absolute atomic E-state index is 14.1. The number of rotatable bonds is 6. The van der Waals surface area contributed by atoms with Gasteiger partial charge >= 0.3 is 6.18 Å². The molecule has 0 spiro atoms.